The first-order chi connectivity index (χ1) is 7.59. The number of carbonyl (C=O) groups is 1. The summed E-state index contributed by atoms with van der Waals surface area (Å²) in [5, 5.41) is 3.14. The van der Waals surface area contributed by atoms with Gasteiger partial charge in [-0.25, -0.2) is 0 Å². The predicted molar refractivity (Wildman–Crippen MR) is 70.5 cm³/mol. The minimum atomic E-state index is 0.171. The molecule has 0 aliphatic heterocycles. The quantitative estimate of drug-likeness (QED) is 0.775. The highest BCUT2D eigenvalue weighted by atomic mass is 32.2. The fraction of sp³-hybridized carbons (Fsp3) is 0.917. The van der Waals surface area contributed by atoms with Crippen LogP contribution in [0, 0.1) is 5.92 Å². The van der Waals surface area contributed by atoms with Crippen LogP contribution in [0.5, 0.6) is 0 Å². The van der Waals surface area contributed by atoms with Crippen LogP contribution >= 0.6 is 11.8 Å². The third kappa shape index (κ3) is 5.21. The van der Waals surface area contributed by atoms with Gasteiger partial charge in [-0.3, -0.25) is 4.79 Å². The first kappa shape index (κ1) is 13.8. The average Bonchev–Trinajstić information content (AvgIpc) is 2.21. The molecule has 3 unspecified atom stereocenters. The molecule has 1 amide bonds. The van der Waals surface area contributed by atoms with Crippen molar-refractivity contribution in [2.24, 2.45) is 11.7 Å². The molecule has 0 aromatic carbocycles. The van der Waals surface area contributed by atoms with E-state index < -0.39 is 0 Å². The van der Waals surface area contributed by atoms with Gasteiger partial charge in [-0.05, 0) is 25.7 Å². The molecule has 3 atom stereocenters. The van der Waals surface area contributed by atoms with E-state index in [1.54, 1.807) is 11.8 Å². The van der Waals surface area contributed by atoms with Crippen LogP contribution in [-0.2, 0) is 4.79 Å². The molecule has 3 N–H and O–H groups in total. The fourth-order valence-corrected chi connectivity index (χ4v) is 2.88. The van der Waals surface area contributed by atoms with E-state index in [4.69, 9.17) is 5.73 Å². The minimum absolute atomic E-state index is 0.171. The summed E-state index contributed by atoms with van der Waals surface area (Å²) in [7, 11) is 0. The van der Waals surface area contributed by atoms with Gasteiger partial charge in [0.1, 0.15) is 0 Å². The second-order valence-electron chi connectivity index (χ2n) is 4.93. The van der Waals surface area contributed by atoms with E-state index in [2.05, 4.69) is 12.2 Å². The highest BCUT2D eigenvalue weighted by molar-refractivity contribution is 7.99. The summed E-state index contributed by atoms with van der Waals surface area (Å²) in [5.74, 6) is 2.21. The molecular weight excluding hydrogens is 220 g/mol. The predicted octanol–water partition coefficient (Wildman–Crippen LogP) is 1.76. The maximum absolute atomic E-state index is 11.7. The van der Waals surface area contributed by atoms with Crippen molar-refractivity contribution in [3.63, 3.8) is 0 Å². The van der Waals surface area contributed by atoms with Gasteiger partial charge < -0.3 is 11.1 Å². The number of carbonyl (C=O) groups excluding carboxylic acids is 1. The van der Waals surface area contributed by atoms with Crippen molar-refractivity contribution in [1.82, 2.24) is 5.32 Å². The summed E-state index contributed by atoms with van der Waals surface area (Å²) in [5.41, 5.74) is 5.63. The van der Waals surface area contributed by atoms with Crippen LogP contribution in [0.3, 0.4) is 0 Å². The van der Waals surface area contributed by atoms with E-state index >= 15 is 0 Å². The second-order valence-corrected chi connectivity index (χ2v) is 5.96. The highest BCUT2D eigenvalue weighted by Crippen LogP contribution is 2.23. The average molecular weight is 244 g/mol. The SMILES string of the molecule is CC(N)CSCC(=O)NC1CCCCC1C. The van der Waals surface area contributed by atoms with Gasteiger partial charge in [0.25, 0.3) is 0 Å². The molecule has 1 saturated carbocycles. The Labute approximate surface area is 103 Å². The van der Waals surface area contributed by atoms with Crippen LogP contribution in [0.4, 0.5) is 0 Å². The van der Waals surface area contributed by atoms with Crippen LogP contribution in [0.25, 0.3) is 0 Å². The van der Waals surface area contributed by atoms with Crippen molar-refractivity contribution in [2.75, 3.05) is 11.5 Å². The molecule has 0 saturated heterocycles. The molecule has 1 aliphatic carbocycles. The third-order valence-electron chi connectivity index (χ3n) is 3.07. The molecule has 0 aromatic rings. The normalized spacial score (nSPS) is 27.4. The summed E-state index contributed by atoms with van der Waals surface area (Å²) in [4.78, 5) is 11.7. The maximum Gasteiger partial charge on any atom is 0.230 e. The number of thioether (sulfide) groups is 1. The molecular formula is C12H24N2OS. The van der Waals surface area contributed by atoms with E-state index in [0.29, 0.717) is 17.7 Å². The van der Waals surface area contributed by atoms with Crippen LogP contribution in [0.15, 0.2) is 0 Å². The van der Waals surface area contributed by atoms with Crippen molar-refractivity contribution < 1.29 is 4.79 Å². The zero-order valence-electron chi connectivity index (χ0n) is 10.4. The van der Waals surface area contributed by atoms with Crippen molar-refractivity contribution in [2.45, 2.75) is 51.6 Å². The van der Waals surface area contributed by atoms with E-state index in [1.165, 1.54) is 19.3 Å². The van der Waals surface area contributed by atoms with Gasteiger partial charge in [0.2, 0.25) is 5.91 Å². The van der Waals surface area contributed by atoms with Crippen LogP contribution in [0.2, 0.25) is 0 Å². The Balaban J connectivity index is 2.17. The molecule has 1 fully saturated rings. The number of nitrogens with two attached hydrogens (primary N) is 1. The van der Waals surface area contributed by atoms with Gasteiger partial charge in [-0.1, -0.05) is 19.8 Å². The summed E-state index contributed by atoms with van der Waals surface area (Å²) in [6, 6.07) is 0.573. The summed E-state index contributed by atoms with van der Waals surface area (Å²) in [6.07, 6.45) is 4.96. The highest BCUT2D eigenvalue weighted by Gasteiger charge is 2.22. The smallest absolute Gasteiger partial charge is 0.230 e. The molecule has 0 spiro atoms. The summed E-state index contributed by atoms with van der Waals surface area (Å²) in [6.45, 7) is 4.20. The van der Waals surface area contributed by atoms with E-state index in [-0.39, 0.29) is 11.9 Å². The Morgan fingerprint density at radius 1 is 1.50 bits per heavy atom. The molecule has 0 bridgehead atoms. The summed E-state index contributed by atoms with van der Waals surface area (Å²) >= 11 is 1.62. The zero-order valence-corrected chi connectivity index (χ0v) is 11.2. The largest absolute Gasteiger partial charge is 0.352 e. The standard InChI is InChI=1S/C12H24N2OS/c1-9-5-3-4-6-11(9)14-12(15)8-16-7-10(2)13/h9-11H,3-8,13H2,1-2H3,(H,14,15). The van der Waals surface area contributed by atoms with Crippen LogP contribution < -0.4 is 11.1 Å². The third-order valence-corrected chi connectivity index (χ3v) is 4.30. The number of amides is 1. The van der Waals surface area contributed by atoms with E-state index in [1.807, 2.05) is 6.92 Å². The molecule has 1 aliphatic rings. The Kier molecular flexibility index (Phi) is 6.21. The van der Waals surface area contributed by atoms with Crippen molar-refractivity contribution in [3.8, 4) is 0 Å². The molecule has 1 rings (SSSR count). The Morgan fingerprint density at radius 3 is 2.81 bits per heavy atom. The lowest BCUT2D eigenvalue weighted by Gasteiger charge is -2.29. The van der Waals surface area contributed by atoms with E-state index in [9.17, 15) is 4.79 Å². The van der Waals surface area contributed by atoms with Gasteiger partial charge in [-0.2, -0.15) is 11.8 Å². The summed E-state index contributed by atoms with van der Waals surface area (Å²) < 4.78 is 0. The monoisotopic (exact) mass is 244 g/mol. The number of hydrogen-bond acceptors (Lipinski definition) is 3. The Hall–Kier alpha value is -0.220. The van der Waals surface area contributed by atoms with Crippen molar-refractivity contribution in [3.05, 3.63) is 0 Å². The zero-order chi connectivity index (χ0) is 12.0. The number of hydrogen-bond donors (Lipinski definition) is 2. The topological polar surface area (TPSA) is 55.1 Å². The molecule has 4 heteroatoms. The Bertz CT molecular complexity index is 221. The number of rotatable bonds is 5. The van der Waals surface area contributed by atoms with Gasteiger partial charge in [0, 0.05) is 17.8 Å². The number of nitrogens with one attached hydrogen (secondary N) is 1. The lowest BCUT2D eigenvalue weighted by atomic mass is 9.86. The molecule has 94 valence electrons. The first-order valence-corrected chi connectivity index (χ1v) is 7.37. The van der Waals surface area contributed by atoms with Crippen molar-refractivity contribution in [1.29, 1.82) is 0 Å². The molecule has 0 heterocycles. The first-order valence-electron chi connectivity index (χ1n) is 6.22. The van der Waals surface area contributed by atoms with Crippen LogP contribution in [0.1, 0.15) is 39.5 Å². The van der Waals surface area contributed by atoms with E-state index in [0.717, 1.165) is 12.2 Å². The lowest BCUT2D eigenvalue weighted by molar-refractivity contribution is -0.119. The minimum Gasteiger partial charge on any atom is -0.352 e. The lowest BCUT2D eigenvalue weighted by Crippen LogP contribution is -2.42. The fourth-order valence-electron chi connectivity index (χ4n) is 2.12. The maximum atomic E-state index is 11.7. The van der Waals surface area contributed by atoms with Gasteiger partial charge in [0.15, 0.2) is 0 Å². The molecule has 0 aromatic heterocycles. The molecule has 3 nitrogen and oxygen atoms in total. The Morgan fingerprint density at radius 2 is 2.19 bits per heavy atom. The van der Waals surface area contributed by atoms with Gasteiger partial charge >= 0.3 is 0 Å². The van der Waals surface area contributed by atoms with Crippen LogP contribution in [-0.4, -0.2) is 29.5 Å². The van der Waals surface area contributed by atoms with Crippen molar-refractivity contribution >= 4 is 17.7 Å². The van der Waals surface area contributed by atoms with Gasteiger partial charge in [0.05, 0.1) is 5.75 Å². The molecule has 0 radical (unpaired) electrons. The van der Waals surface area contributed by atoms with Gasteiger partial charge in [-0.15, -0.1) is 0 Å². The molecule has 16 heavy (non-hydrogen) atoms. The second kappa shape index (κ2) is 7.17.